The highest BCUT2D eigenvalue weighted by atomic mass is 16.5. The summed E-state index contributed by atoms with van der Waals surface area (Å²) in [6, 6.07) is 4.33. The number of carboxylic acid groups (broad SMARTS) is 1. The van der Waals surface area contributed by atoms with Crippen molar-refractivity contribution in [1.82, 2.24) is 5.32 Å². The predicted octanol–water partition coefficient (Wildman–Crippen LogP) is 2.64. The zero-order valence-corrected chi connectivity index (χ0v) is 15.0. The van der Waals surface area contributed by atoms with Crippen LogP contribution < -0.4 is 14.8 Å². The van der Waals surface area contributed by atoms with Crippen LogP contribution >= 0.6 is 0 Å². The molecule has 1 amide bonds. The molecule has 1 rings (SSSR count). The largest absolute Gasteiger partial charge is 0.496 e. The van der Waals surface area contributed by atoms with Gasteiger partial charge in [0.1, 0.15) is 17.5 Å². The van der Waals surface area contributed by atoms with Crippen LogP contribution in [0.25, 0.3) is 0 Å². The molecule has 0 saturated carbocycles. The van der Waals surface area contributed by atoms with E-state index in [0.29, 0.717) is 29.9 Å². The van der Waals surface area contributed by atoms with Gasteiger partial charge in [-0.2, -0.15) is 0 Å². The fraction of sp³-hybridized carbons (Fsp3) is 0.556. The Labute approximate surface area is 143 Å². The van der Waals surface area contributed by atoms with Crippen molar-refractivity contribution in [2.24, 2.45) is 5.41 Å². The summed E-state index contributed by atoms with van der Waals surface area (Å²) < 4.78 is 10.5. The Hall–Kier alpha value is -2.24. The molecule has 0 aliphatic rings. The van der Waals surface area contributed by atoms with E-state index in [0.717, 1.165) is 0 Å². The van der Waals surface area contributed by atoms with E-state index in [4.69, 9.17) is 9.47 Å². The van der Waals surface area contributed by atoms with E-state index in [2.05, 4.69) is 5.32 Å². The van der Waals surface area contributed by atoms with Crippen molar-refractivity contribution >= 4 is 11.9 Å². The molecular formula is C18H27NO5. The van der Waals surface area contributed by atoms with Gasteiger partial charge >= 0.3 is 5.97 Å². The van der Waals surface area contributed by atoms with Gasteiger partial charge in [-0.25, -0.2) is 4.79 Å². The lowest BCUT2D eigenvalue weighted by Crippen LogP contribution is -2.42. The number of ether oxygens (including phenoxy) is 2. The molecule has 0 saturated heterocycles. The van der Waals surface area contributed by atoms with Crippen molar-refractivity contribution < 1.29 is 24.2 Å². The smallest absolute Gasteiger partial charge is 0.326 e. The Morgan fingerprint density at radius 2 is 1.71 bits per heavy atom. The average Bonchev–Trinajstić information content (AvgIpc) is 2.50. The fourth-order valence-corrected chi connectivity index (χ4v) is 2.34. The summed E-state index contributed by atoms with van der Waals surface area (Å²) in [6.07, 6.45) is 1.07. The monoisotopic (exact) mass is 337 g/mol. The molecule has 0 fully saturated rings. The molecule has 1 aromatic rings. The fourth-order valence-electron chi connectivity index (χ4n) is 2.34. The van der Waals surface area contributed by atoms with E-state index in [-0.39, 0.29) is 17.7 Å². The van der Waals surface area contributed by atoms with Crippen LogP contribution in [-0.2, 0) is 16.0 Å². The van der Waals surface area contributed by atoms with E-state index in [1.165, 1.54) is 14.2 Å². The molecule has 24 heavy (non-hydrogen) atoms. The number of carboxylic acids is 1. The van der Waals surface area contributed by atoms with Gasteiger partial charge in [0.25, 0.3) is 0 Å². The number of benzene rings is 1. The van der Waals surface area contributed by atoms with Gasteiger partial charge in [0, 0.05) is 5.56 Å². The standard InChI is InChI=1S/C18H27NO5/c1-18(2,3)10-9-13(17(21)22)19-16(20)11-12-14(23-4)7-6-8-15(12)24-5/h6-8,13H,9-11H2,1-5H3,(H,19,20)(H,21,22). The Morgan fingerprint density at radius 1 is 1.17 bits per heavy atom. The molecule has 6 nitrogen and oxygen atoms in total. The minimum atomic E-state index is -1.03. The first-order valence-corrected chi connectivity index (χ1v) is 7.90. The van der Waals surface area contributed by atoms with Crippen LogP contribution in [0.15, 0.2) is 18.2 Å². The van der Waals surface area contributed by atoms with Gasteiger partial charge in [-0.05, 0) is 30.4 Å². The highest BCUT2D eigenvalue weighted by molar-refractivity contribution is 5.85. The number of amides is 1. The van der Waals surface area contributed by atoms with Crippen molar-refractivity contribution in [3.05, 3.63) is 23.8 Å². The molecule has 0 aliphatic carbocycles. The third-order valence-corrected chi connectivity index (χ3v) is 3.68. The van der Waals surface area contributed by atoms with Crippen molar-refractivity contribution in [3.8, 4) is 11.5 Å². The van der Waals surface area contributed by atoms with Gasteiger partial charge in [-0.15, -0.1) is 0 Å². The number of nitrogens with one attached hydrogen (secondary N) is 1. The van der Waals surface area contributed by atoms with Gasteiger partial charge in [-0.3, -0.25) is 4.79 Å². The minimum absolute atomic E-state index is 0.00426. The lowest BCUT2D eigenvalue weighted by molar-refractivity contribution is -0.142. The van der Waals surface area contributed by atoms with E-state index in [1.54, 1.807) is 18.2 Å². The van der Waals surface area contributed by atoms with Crippen LogP contribution in [0.4, 0.5) is 0 Å². The highest BCUT2D eigenvalue weighted by Gasteiger charge is 2.24. The van der Waals surface area contributed by atoms with Crippen molar-refractivity contribution in [1.29, 1.82) is 0 Å². The molecule has 0 radical (unpaired) electrons. The van der Waals surface area contributed by atoms with Crippen LogP contribution in [0.1, 0.15) is 39.2 Å². The summed E-state index contributed by atoms with van der Waals surface area (Å²) >= 11 is 0. The maximum Gasteiger partial charge on any atom is 0.326 e. The normalized spacial score (nSPS) is 12.4. The Kier molecular flexibility index (Phi) is 7.07. The summed E-state index contributed by atoms with van der Waals surface area (Å²) in [7, 11) is 3.03. The van der Waals surface area contributed by atoms with Gasteiger partial charge in [0.05, 0.1) is 20.6 Å². The van der Waals surface area contributed by atoms with Crippen molar-refractivity contribution in [3.63, 3.8) is 0 Å². The van der Waals surface area contributed by atoms with Crippen molar-refractivity contribution in [2.45, 2.75) is 46.1 Å². The summed E-state index contributed by atoms with van der Waals surface area (Å²) in [5.41, 5.74) is 0.601. The van der Waals surface area contributed by atoms with Crippen LogP contribution in [0.2, 0.25) is 0 Å². The van der Waals surface area contributed by atoms with E-state index >= 15 is 0 Å². The predicted molar refractivity (Wildman–Crippen MR) is 91.5 cm³/mol. The van der Waals surface area contributed by atoms with Crippen LogP contribution in [0.3, 0.4) is 0 Å². The van der Waals surface area contributed by atoms with Crippen LogP contribution in [0.5, 0.6) is 11.5 Å². The average molecular weight is 337 g/mol. The molecule has 1 atom stereocenters. The van der Waals surface area contributed by atoms with Crippen LogP contribution in [0, 0.1) is 5.41 Å². The summed E-state index contributed by atoms with van der Waals surface area (Å²) in [6.45, 7) is 6.11. The number of rotatable bonds is 8. The quantitative estimate of drug-likeness (QED) is 0.762. The molecule has 0 bridgehead atoms. The molecule has 6 heteroatoms. The summed E-state index contributed by atoms with van der Waals surface area (Å²) in [5, 5.41) is 11.9. The molecule has 0 aromatic heterocycles. The zero-order chi connectivity index (χ0) is 18.3. The van der Waals surface area contributed by atoms with Crippen molar-refractivity contribution in [2.75, 3.05) is 14.2 Å². The topological polar surface area (TPSA) is 84.9 Å². The maximum atomic E-state index is 12.3. The second kappa shape index (κ2) is 8.57. The van der Waals surface area contributed by atoms with Gasteiger partial charge < -0.3 is 19.9 Å². The molecule has 0 aliphatic heterocycles. The number of methoxy groups -OCH3 is 2. The third-order valence-electron chi connectivity index (χ3n) is 3.68. The lowest BCUT2D eigenvalue weighted by atomic mass is 9.88. The van der Waals surface area contributed by atoms with Gasteiger partial charge in [0.2, 0.25) is 5.91 Å². The Balaban J connectivity index is 2.82. The number of carbonyl (C=O) groups excluding carboxylic acids is 1. The second-order valence-electron chi connectivity index (χ2n) is 6.88. The molecule has 0 spiro atoms. The summed E-state index contributed by atoms with van der Waals surface area (Å²) in [4.78, 5) is 23.7. The number of carbonyl (C=O) groups is 2. The zero-order valence-electron chi connectivity index (χ0n) is 15.0. The number of hydrogen-bond donors (Lipinski definition) is 2. The molecule has 1 aromatic carbocycles. The molecule has 134 valence electrons. The van der Waals surface area contributed by atoms with E-state index in [1.807, 2.05) is 20.8 Å². The second-order valence-corrected chi connectivity index (χ2v) is 6.88. The third kappa shape index (κ3) is 6.10. The molecule has 1 unspecified atom stereocenters. The maximum absolute atomic E-state index is 12.3. The highest BCUT2D eigenvalue weighted by Crippen LogP contribution is 2.28. The number of hydrogen-bond acceptors (Lipinski definition) is 4. The van der Waals surface area contributed by atoms with E-state index in [9.17, 15) is 14.7 Å². The molecular weight excluding hydrogens is 310 g/mol. The Morgan fingerprint density at radius 3 is 2.12 bits per heavy atom. The first-order valence-electron chi connectivity index (χ1n) is 7.90. The summed E-state index contributed by atoms with van der Waals surface area (Å²) in [5.74, 6) is -0.337. The van der Waals surface area contributed by atoms with Crippen LogP contribution in [-0.4, -0.2) is 37.2 Å². The molecule has 2 N–H and O–H groups in total. The SMILES string of the molecule is COc1cccc(OC)c1CC(=O)NC(CCC(C)(C)C)C(=O)O. The Bertz CT molecular complexity index is 555. The first-order chi connectivity index (χ1) is 11.2. The van der Waals surface area contributed by atoms with E-state index < -0.39 is 12.0 Å². The minimum Gasteiger partial charge on any atom is -0.496 e. The van der Waals surface area contributed by atoms with Gasteiger partial charge in [0.15, 0.2) is 0 Å². The number of aliphatic carboxylic acids is 1. The molecule has 0 heterocycles. The first kappa shape index (κ1) is 19.8. The lowest BCUT2D eigenvalue weighted by Gasteiger charge is -2.22. The van der Waals surface area contributed by atoms with Gasteiger partial charge in [-0.1, -0.05) is 26.8 Å².